The summed E-state index contributed by atoms with van der Waals surface area (Å²) in [5.41, 5.74) is 0. The molecule has 0 saturated heterocycles. The molecule has 6 heteroatoms. The molecule has 1 aromatic rings. The molecule has 0 amide bonds. The summed E-state index contributed by atoms with van der Waals surface area (Å²) < 4.78 is 10.3. The first-order chi connectivity index (χ1) is 7.72. The topological polar surface area (TPSA) is 72.2 Å². The van der Waals surface area contributed by atoms with Gasteiger partial charge in [-0.25, -0.2) is 0 Å². The lowest BCUT2D eigenvalue weighted by Crippen LogP contribution is -2.21. The van der Waals surface area contributed by atoms with E-state index in [9.17, 15) is 0 Å². The molecule has 0 aromatic carbocycles. The molecular weight excluding hydrogens is 208 g/mol. The van der Waals surface area contributed by atoms with Gasteiger partial charge in [-0.2, -0.15) is 0 Å². The maximum absolute atomic E-state index is 5.38. The van der Waals surface area contributed by atoms with E-state index in [1.54, 1.807) is 7.11 Å². The number of anilines is 1. The molecular formula is C10H20N4O2. The molecule has 92 valence electrons. The fourth-order valence-electron chi connectivity index (χ4n) is 1.10. The summed E-state index contributed by atoms with van der Waals surface area (Å²) in [5.74, 6) is 0.600. The molecule has 1 aromatic heterocycles. The van der Waals surface area contributed by atoms with Gasteiger partial charge in [0.2, 0.25) is 5.89 Å². The van der Waals surface area contributed by atoms with E-state index in [2.05, 4.69) is 34.7 Å². The van der Waals surface area contributed by atoms with Gasteiger partial charge in [-0.05, 0) is 6.42 Å². The third-order valence-corrected chi connectivity index (χ3v) is 1.93. The standard InChI is InChI=1S/C10H20N4O2/c1-8(2)12-7-9-13-14-10(16-9)11-5-4-6-15-3/h8,12H,4-7H2,1-3H3,(H,11,14). The van der Waals surface area contributed by atoms with Crippen molar-refractivity contribution < 1.29 is 9.15 Å². The maximum Gasteiger partial charge on any atom is 0.315 e. The lowest BCUT2D eigenvalue weighted by molar-refractivity contribution is 0.197. The molecule has 0 atom stereocenters. The van der Waals surface area contributed by atoms with Crippen molar-refractivity contribution in [3.05, 3.63) is 5.89 Å². The van der Waals surface area contributed by atoms with Crippen LogP contribution in [0.25, 0.3) is 0 Å². The van der Waals surface area contributed by atoms with Gasteiger partial charge in [-0.15, -0.1) is 5.10 Å². The van der Waals surface area contributed by atoms with Gasteiger partial charge in [-0.1, -0.05) is 18.9 Å². The first-order valence-electron chi connectivity index (χ1n) is 5.51. The van der Waals surface area contributed by atoms with Crippen LogP contribution in [0.5, 0.6) is 0 Å². The molecule has 1 rings (SSSR count). The zero-order valence-corrected chi connectivity index (χ0v) is 10.1. The summed E-state index contributed by atoms with van der Waals surface area (Å²) in [4.78, 5) is 0. The van der Waals surface area contributed by atoms with Crippen LogP contribution in [-0.2, 0) is 11.3 Å². The average Bonchev–Trinajstić information content (AvgIpc) is 2.70. The molecule has 0 aliphatic rings. The van der Waals surface area contributed by atoms with E-state index in [-0.39, 0.29) is 0 Å². The summed E-state index contributed by atoms with van der Waals surface area (Å²) >= 11 is 0. The lowest BCUT2D eigenvalue weighted by atomic mass is 10.4. The fraction of sp³-hybridized carbons (Fsp3) is 0.800. The molecule has 0 saturated carbocycles. The minimum Gasteiger partial charge on any atom is -0.407 e. The van der Waals surface area contributed by atoms with E-state index in [1.807, 2.05) is 0 Å². The SMILES string of the molecule is COCCCNc1nnc(CNC(C)C)o1. The van der Waals surface area contributed by atoms with Gasteiger partial charge in [0, 0.05) is 26.3 Å². The predicted molar refractivity (Wildman–Crippen MR) is 61.3 cm³/mol. The van der Waals surface area contributed by atoms with Crippen LogP contribution < -0.4 is 10.6 Å². The van der Waals surface area contributed by atoms with Gasteiger partial charge in [0.15, 0.2) is 0 Å². The monoisotopic (exact) mass is 228 g/mol. The van der Waals surface area contributed by atoms with Crippen LogP contribution in [0.4, 0.5) is 6.01 Å². The Balaban J connectivity index is 2.22. The van der Waals surface area contributed by atoms with Crippen LogP contribution >= 0.6 is 0 Å². The molecule has 0 fully saturated rings. The molecule has 0 spiro atoms. The van der Waals surface area contributed by atoms with Crippen LogP contribution in [0.1, 0.15) is 26.2 Å². The number of nitrogens with one attached hydrogen (secondary N) is 2. The third-order valence-electron chi connectivity index (χ3n) is 1.93. The molecule has 0 aliphatic heterocycles. The molecule has 0 unspecified atom stereocenters. The highest BCUT2D eigenvalue weighted by atomic mass is 16.5. The zero-order valence-electron chi connectivity index (χ0n) is 10.1. The summed E-state index contributed by atoms with van der Waals surface area (Å²) in [7, 11) is 1.68. The second-order valence-corrected chi connectivity index (χ2v) is 3.81. The smallest absolute Gasteiger partial charge is 0.315 e. The number of nitrogens with zero attached hydrogens (tertiary/aromatic N) is 2. The number of aromatic nitrogens is 2. The summed E-state index contributed by atoms with van der Waals surface area (Å²) in [5, 5.41) is 14.0. The average molecular weight is 228 g/mol. The van der Waals surface area contributed by atoms with Gasteiger partial charge >= 0.3 is 6.01 Å². The quantitative estimate of drug-likeness (QED) is 0.647. The van der Waals surface area contributed by atoms with E-state index >= 15 is 0 Å². The van der Waals surface area contributed by atoms with Crippen LogP contribution in [0, 0.1) is 0 Å². The Morgan fingerprint density at radius 2 is 2.19 bits per heavy atom. The fourth-order valence-corrected chi connectivity index (χ4v) is 1.10. The highest BCUT2D eigenvalue weighted by molar-refractivity contribution is 5.16. The molecule has 0 aliphatic carbocycles. The van der Waals surface area contributed by atoms with Crippen molar-refractivity contribution in [2.75, 3.05) is 25.6 Å². The minimum atomic E-state index is 0.407. The first kappa shape index (κ1) is 12.9. The Kier molecular flexibility index (Phi) is 5.81. The Bertz CT molecular complexity index is 288. The largest absolute Gasteiger partial charge is 0.407 e. The number of hydrogen-bond donors (Lipinski definition) is 2. The van der Waals surface area contributed by atoms with Crippen LogP contribution in [-0.4, -0.2) is 36.5 Å². The predicted octanol–water partition coefficient (Wildman–Crippen LogP) is 1.02. The number of hydrogen-bond acceptors (Lipinski definition) is 6. The molecule has 16 heavy (non-hydrogen) atoms. The van der Waals surface area contributed by atoms with Gasteiger partial charge in [-0.3, -0.25) is 0 Å². The normalized spacial score (nSPS) is 11.0. The van der Waals surface area contributed by atoms with Gasteiger partial charge < -0.3 is 19.8 Å². The summed E-state index contributed by atoms with van der Waals surface area (Å²) in [6, 6.07) is 0.877. The van der Waals surface area contributed by atoms with Crippen molar-refractivity contribution in [2.45, 2.75) is 32.9 Å². The van der Waals surface area contributed by atoms with E-state index in [0.29, 0.717) is 24.5 Å². The van der Waals surface area contributed by atoms with Crippen molar-refractivity contribution in [1.82, 2.24) is 15.5 Å². The maximum atomic E-state index is 5.38. The minimum absolute atomic E-state index is 0.407. The summed E-state index contributed by atoms with van der Waals surface area (Å²) in [6.07, 6.45) is 0.915. The third kappa shape index (κ3) is 5.09. The van der Waals surface area contributed by atoms with Crippen LogP contribution in [0.15, 0.2) is 4.42 Å². The van der Waals surface area contributed by atoms with Crippen molar-refractivity contribution in [3.63, 3.8) is 0 Å². The summed E-state index contributed by atoms with van der Waals surface area (Å²) in [6.45, 7) is 6.24. The van der Waals surface area contributed by atoms with Crippen LogP contribution in [0.2, 0.25) is 0 Å². The van der Waals surface area contributed by atoms with Gasteiger partial charge in [0.05, 0.1) is 6.54 Å². The van der Waals surface area contributed by atoms with E-state index < -0.39 is 0 Å². The molecule has 1 heterocycles. The highest BCUT2D eigenvalue weighted by Gasteiger charge is 2.05. The zero-order chi connectivity index (χ0) is 11.8. The van der Waals surface area contributed by atoms with Gasteiger partial charge in [0.25, 0.3) is 0 Å². The van der Waals surface area contributed by atoms with Crippen molar-refractivity contribution in [2.24, 2.45) is 0 Å². The molecule has 0 radical (unpaired) electrons. The number of rotatable bonds is 8. The lowest BCUT2D eigenvalue weighted by Gasteiger charge is -2.03. The van der Waals surface area contributed by atoms with Crippen LogP contribution in [0.3, 0.4) is 0 Å². The van der Waals surface area contributed by atoms with Crippen molar-refractivity contribution >= 4 is 6.01 Å². The van der Waals surface area contributed by atoms with E-state index in [4.69, 9.17) is 9.15 Å². The molecule has 6 nitrogen and oxygen atoms in total. The Morgan fingerprint density at radius 3 is 2.88 bits per heavy atom. The Labute approximate surface area is 95.8 Å². The second-order valence-electron chi connectivity index (χ2n) is 3.81. The van der Waals surface area contributed by atoms with Gasteiger partial charge in [0.1, 0.15) is 0 Å². The first-order valence-corrected chi connectivity index (χ1v) is 5.51. The highest BCUT2D eigenvalue weighted by Crippen LogP contribution is 2.05. The van der Waals surface area contributed by atoms with E-state index in [0.717, 1.165) is 19.6 Å². The Hall–Kier alpha value is -1.14. The Morgan fingerprint density at radius 1 is 1.38 bits per heavy atom. The molecule has 2 N–H and O–H groups in total. The number of ether oxygens (including phenoxy) is 1. The second kappa shape index (κ2) is 7.19. The van der Waals surface area contributed by atoms with E-state index in [1.165, 1.54) is 0 Å². The van der Waals surface area contributed by atoms with Crippen molar-refractivity contribution in [1.29, 1.82) is 0 Å². The van der Waals surface area contributed by atoms with Crippen molar-refractivity contribution in [3.8, 4) is 0 Å². The number of methoxy groups -OCH3 is 1. The molecule has 0 bridgehead atoms.